The number of halogens is 1. The Kier molecular flexibility index (Phi) is 4.18. The van der Waals surface area contributed by atoms with Crippen LogP contribution >= 0.6 is 11.6 Å². The van der Waals surface area contributed by atoms with Gasteiger partial charge in [0.1, 0.15) is 15.9 Å². The average molecular weight is 173 g/mol. The van der Waals surface area contributed by atoms with E-state index in [9.17, 15) is 8.42 Å². The van der Waals surface area contributed by atoms with Gasteiger partial charge in [0.05, 0.1) is 12.4 Å². The minimum atomic E-state index is -2.88. The Balaban J connectivity index is 3.30. The van der Waals surface area contributed by atoms with E-state index in [-0.39, 0.29) is 18.4 Å². The molecule has 0 aliphatic rings. The predicted octanol–water partition coefficient (Wildman–Crippen LogP) is 0.244. The van der Waals surface area contributed by atoms with Gasteiger partial charge in [-0.2, -0.15) is 0 Å². The van der Waals surface area contributed by atoms with Crippen LogP contribution in [0.25, 0.3) is 0 Å². The first-order valence-corrected chi connectivity index (χ1v) is 4.97. The van der Waals surface area contributed by atoms with E-state index in [2.05, 4.69) is 4.74 Å². The van der Waals surface area contributed by atoms with E-state index in [4.69, 9.17) is 11.6 Å². The van der Waals surface area contributed by atoms with Crippen molar-refractivity contribution in [3.8, 4) is 0 Å². The Labute approximate surface area is 59.9 Å². The average Bonchev–Trinajstić information content (AvgIpc) is 1.63. The molecule has 0 rings (SSSR count). The first kappa shape index (κ1) is 9.20. The van der Waals surface area contributed by atoms with Crippen molar-refractivity contribution in [2.45, 2.75) is 0 Å². The minimum absolute atomic E-state index is 0.0414. The van der Waals surface area contributed by atoms with E-state index in [1.807, 2.05) is 0 Å². The topological polar surface area (TPSA) is 43.4 Å². The number of rotatable bonds is 4. The third-order valence-electron chi connectivity index (χ3n) is 0.676. The molecular formula is C4H9ClO3S. The summed E-state index contributed by atoms with van der Waals surface area (Å²) in [5, 5.41) is 0. The van der Waals surface area contributed by atoms with Gasteiger partial charge in [-0.3, -0.25) is 0 Å². The number of ether oxygens (including phenoxy) is 1. The Bertz CT molecular complexity index is 151. The molecule has 0 aliphatic heterocycles. The SMILES string of the molecule is CS(=O)(=O)CCOCCl. The fraction of sp³-hybridized carbons (Fsp3) is 1.00. The monoisotopic (exact) mass is 172 g/mol. The van der Waals surface area contributed by atoms with Gasteiger partial charge < -0.3 is 4.74 Å². The Hall–Kier alpha value is 0.200. The van der Waals surface area contributed by atoms with Crippen molar-refractivity contribution in [2.75, 3.05) is 24.7 Å². The van der Waals surface area contributed by atoms with Gasteiger partial charge in [-0.25, -0.2) is 8.42 Å². The molecule has 0 spiro atoms. The van der Waals surface area contributed by atoms with E-state index in [0.717, 1.165) is 6.26 Å². The Morgan fingerprint density at radius 2 is 2.11 bits per heavy atom. The summed E-state index contributed by atoms with van der Waals surface area (Å²) in [6.07, 6.45) is 1.16. The zero-order chi connectivity index (χ0) is 7.33. The first-order valence-electron chi connectivity index (χ1n) is 2.37. The van der Waals surface area contributed by atoms with Crippen molar-refractivity contribution in [2.24, 2.45) is 0 Å². The number of hydrogen-bond acceptors (Lipinski definition) is 3. The third-order valence-corrected chi connectivity index (χ3v) is 1.74. The molecule has 0 aromatic heterocycles. The molecule has 5 heteroatoms. The van der Waals surface area contributed by atoms with Gasteiger partial charge in [-0.05, 0) is 0 Å². The molecule has 0 atom stereocenters. The summed E-state index contributed by atoms with van der Waals surface area (Å²) in [5.74, 6) is 0.0414. The Morgan fingerprint density at radius 1 is 1.56 bits per heavy atom. The summed E-state index contributed by atoms with van der Waals surface area (Å²) in [6.45, 7) is 0.183. The maximum atomic E-state index is 10.4. The lowest BCUT2D eigenvalue weighted by atomic mass is 10.9. The van der Waals surface area contributed by atoms with E-state index in [1.54, 1.807) is 0 Å². The number of hydrogen-bond donors (Lipinski definition) is 0. The number of sulfone groups is 1. The van der Waals surface area contributed by atoms with Gasteiger partial charge in [0.25, 0.3) is 0 Å². The van der Waals surface area contributed by atoms with E-state index >= 15 is 0 Å². The lowest BCUT2D eigenvalue weighted by molar-refractivity contribution is 0.197. The van der Waals surface area contributed by atoms with E-state index in [0.29, 0.717) is 0 Å². The summed E-state index contributed by atoms with van der Waals surface area (Å²) in [5.41, 5.74) is 0. The highest BCUT2D eigenvalue weighted by molar-refractivity contribution is 7.90. The van der Waals surface area contributed by atoms with Crippen LogP contribution in [0.2, 0.25) is 0 Å². The highest BCUT2D eigenvalue weighted by atomic mass is 35.5. The summed E-state index contributed by atoms with van der Waals surface area (Å²) in [6, 6.07) is 0.0511. The summed E-state index contributed by atoms with van der Waals surface area (Å²) < 4.78 is 25.4. The molecule has 0 saturated carbocycles. The molecule has 0 heterocycles. The molecule has 9 heavy (non-hydrogen) atoms. The highest BCUT2D eigenvalue weighted by Crippen LogP contribution is 1.84. The zero-order valence-corrected chi connectivity index (χ0v) is 6.70. The second-order valence-electron chi connectivity index (χ2n) is 1.65. The molecule has 0 bridgehead atoms. The van der Waals surface area contributed by atoms with Gasteiger partial charge in [0.15, 0.2) is 0 Å². The van der Waals surface area contributed by atoms with Crippen LogP contribution in [0.5, 0.6) is 0 Å². The highest BCUT2D eigenvalue weighted by Gasteiger charge is 1.99. The summed E-state index contributed by atoms with van der Waals surface area (Å²) in [4.78, 5) is 0. The van der Waals surface area contributed by atoms with Crippen LogP contribution in [0.3, 0.4) is 0 Å². The van der Waals surface area contributed by atoms with Gasteiger partial charge in [0.2, 0.25) is 0 Å². The smallest absolute Gasteiger partial charge is 0.149 e. The molecule has 0 radical (unpaired) electrons. The maximum absolute atomic E-state index is 10.4. The maximum Gasteiger partial charge on any atom is 0.149 e. The minimum Gasteiger partial charge on any atom is -0.365 e. The summed E-state index contributed by atoms with van der Waals surface area (Å²) >= 11 is 5.11. The molecule has 0 aromatic rings. The van der Waals surface area contributed by atoms with E-state index in [1.165, 1.54) is 0 Å². The standard InChI is InChI=1S/C4H9ClO3S/c1-9(6,7)3-2-8-4-5/h2-4H2,1H3. The fourth-order valence-electron chi connectivity index (χ4n) is 0.265. The van der Waals surface area contributed by atoms with Crippen LogP contribution in [0.1, 0.15) is 0 Å². The quantitative estimate of drug-likeness (QED) is 0.451. The van der Waals surface area contributed by atoms with Crippen LogP contribution in [-0.4, -0.2) is 33.1 Å². The largest absolute Gasteiger partial charge is 0.365 e. The molecule has 0 aliphatic carbocycles. The molecule has 0 unspecified atom stereocenters. The third kappa shape index (κ3) is 8.20. The van der Waals surface area contributed by atoms with Crippen LogP contribution in [0, 0.1) is 0 Å². The Morgan fingerprint density at radius 3 is 2.44 bits per heavy atom. The van der Waals surface area contributed by atoms with E-state index < -0.39 is 9.84 Å². The van der Waals surface area contributed by atoms with Crippen molar-refractivity contribution in [3.63, 3.8) is 0 Å². The van der Waals surface area contributed by atoms with Crippen LogP contribution in [-0.2, 0) is 14.6 Å². The predicted molar refractivity (Wildman–Crippen MR) is 36.4 cm³/mol. The van der Waals surface area contributed by atoms with Crippen molar-refractivity contribution in [1.29, 1.82) is 0 Å². The normalized spacial score (nSPS) is 11.8. The van der Waals surface area contributed by atoms with Crippen LogP contribution < -0.4 is 0 Å². The molecule has 56 valence electrons. The molecule has 3 nitrogen and oxygen atoms in total. The molecule has 0 amide bonds. The second kappa shape index (κ2) is 4.09. The van der Waals surface area contributed by atoms with Crippen LogP contribution in [0.15, 0.2) is 0 Å². The molecular weight excluding hydrogens is 164 g/mol. The van der Waals surface area contributed by atoms with Gasteiger partial charge in [0, 0.05) is 6.26 Å². The van der Waals surface area contributed by atoms with Crippen molar-refractivity contribution >= 4 is 21.4 Å². The van der Waals surface area contributed by atoms with Crippen molar-refractivity contribution in [1.82, 2.24) is 0 Å². The molecule has 0 N–H and O–H groups in total. The lowest BCUT2D eigenvalue weighted by Crippen LogP contribution is -2.09. The van der Waals surface area contributed by atoms with Gasteiger partial charge >= 0.3 is 0 Å². The molecule has 0 aromatic carbocycles. The van der Waals surface area contributed by atoms with Crippen molar-refractivity contribution in [3.05, 3.63) is 0 Å². The molecule has 0 saturated heterocycles. The lowest BCUT2D eigenvalue weighted by Gasteiger charge is -1.95. The first-order chi connectivity index (χ1) is 4.06. The van der Waals surface area contributed by atoms with Crippen LogP contribution in [0.4, 0.5) is 0 Å². The van der Waals surface area contributed by atoms with Gasteiger partial charge in [-0.1, -0.05) is 11.6 Å². The molecule has 0 fully saturated rings. The number of alkyl halides is 1. The van der Waals surface area contributed by atoms with Crippen molar-refractivity contribution < 1.29 is 13.2 Å². The fourth-order valence-corrected chi connectivity index (χ4v) is 0.795. The zero-order valence-electron chi connectivity index (χ0n) is 5.13. The second-order valence-corrected chi connectivity index (χ2v) is 4.13. The van der Waals surface area contributed by atoms with Gasteiger partial charge in [-0.15, -0.1) is 0 Å². The summed E-state index contributed by atoms with van der Waals surface area (Å²) in [7, 11) is -2.88.